The lowest BCUT2D eigenvalue weighted by Crippen LogP contribution is -2.42. The van der Waals surface area contributed by atoms with Crippen molar-refractivity contribution in [3.05, 3.63) is 50.7 Å². The zero-order valence-corrected chi connectivity index (χ0v) is 26.1. The maximum absolute atomic E-state index is 13.6. The molecule has 3 heterocycles. The Bertz CT molecular complexity index is 1240. The second-order valence-corrected chi connectivity index (χ2v) is 15.0. The number of thiophene rings is 1. The number of thioether (sulfide) groups is 1. The highest BCUT2D eigenvalue weighted by Gasteiger charge is 2.48. The predicted molar refractivity (Wildman–Crippen MR) is 170 cm³/mol. The average Bonchev–Trinajstić information content (AvgIpc) is 3.70. The minimum absolute atomic E-state index is 0.118. The molecule has 0 N–H and O–H groups in total. The summed E-state index contributed by atoms with van der Waals surface area (Å²) >= 11 is 21.3. The highest BCUT2D eigenvalue weighted by Crippen LogP contribution is 2.49. The van der Waals surface area contributed by atoms with E-state index >= 15 is 0 Å². The van der Waals surface area contributed by atoms with Gasteiger partial charge in [-0.3, -0.25) is 9.69 Å². The Kier molecular flexibility index (Phi) is 9.05. The summed E-state index contributed by atoms with van der Waals surface area (Å²) in [6, 6.07) is 10.7. The van der Waals surface area contributed by atoms with Crippen molar-refractivity contribution < 1.29 is 4.79 Å². The molecule has 4 fully saturated rings. The Morgan fingerprint density at radius 2 is 1.82 bits per heavy atom. The van der Waals surface area contributed by atoms with Crippen LogP contribution in [0.25, 0.3) is 16.5 Å². The third-order valence-electron chi connectivity index (χ3n) is 8.83. The third-order valence-corrected chi connectivity index (χ3v) is 11.9. The van der Waals surface area contributed by atoms with Gasteiger partial charge in [-0.05, 0) is 104 Å². The predicted octanol–water partition coefficient (Wildman–Crippen LogP) is 7.94. The number of nitrogens with zero attached hydrogens (tertiary/aromatic N) is 3. The number of carbonyl (C=O) groups excluding carboxylic acids is 1. The molecule has 0 spiro atoms. The number of rotatable bonds is 9. The number of hydrogen-bond acceptors (Lipinski definition) is 6. The Balaban J connectivity index is 1.15. The van der Waals surface area contributed by atoms with Crippen LogP contribution < -0.4 is 0 Å². The zero-order valence-electron chi connectivity index (χ0n) is 22.1. The Hall–Kier alpha value is -0.930. The van der Waals surface area contributed by atoms with E-state index in [-0.39, 0.29) is 5.91 Å². The standard InChI is InChI=1S/C30H35Cl2N3OS3/c31-24-9-7-21(8-10-24)26-18-23(4-2-1-3-11-33-12-14-34(32)15-13-33)27(38-26)19-28-29(36)35(30(37)39-28)25-17-20-5-6-22(25)16-20/h7-10,18-20,22,25H,1-6,11-17H2/b28-19-. The van der Waals surface area contributed by atoms with Gasteiger partial charge >= 0.3 is 0 Å². The van der Waals surface area contributed by atoms with E-state index in [1.165, 1.54) is 64.7 Å². The Labute approximate surface area is 255 Å². The van der Waals surface area contributed by atoms with E-state index in [0.717, 1.165) is 72.2 Å². The summed E-state index contributed by atoms with van der Waals surface area (Å²) in [5.41, 5.74) is 2.49. The lowest BCUT2D eigenvalue weighted by atomic mass is 9.94. The summed E-state index contributed by atoms with van der Waals surface area (Å²) < 4.78 is 2.63. The van der Waals surface area contributed by atoms with Crippen LogP contribution in [0.15, 0.2) is 35.2 Å². The van der Waals surface area contributed by atoms with Crippen LogP contribution in [0.4, 0.5) is 0 Å². The normalized spacial score (nSPS) is 27.0. The molecule has 208 valence electrons. The van der Waals surface area contributed by atoms with Crippen LogP contribution in [0.5, 0.6) is 0 Å². The highest BCUT2D eigenvalue weighted by molar-refractivity contribution is 8.26. The summed E-state index contributed by atoms with van der Waals surface area (Å²) in [6.45, 7) is 5.15. The molecule has 1 aromatic carbocycles. The smallest absolute Gasteiger partial charge is 0.266 e. The molecule has 2 saturated carbocycles. The molecule has 3 unspecified atom stereocenters. The van der Waals surface area contributed by atoms with Crippen molar-refractivity contribution in [3.8, 4) is 10.4 Å². The molecular formula is C30H35Cl2N3OS3. The van der Waals surface area contributed by atoms with Crippen LogP contribution in [-0.4, -0.2) is 63.2 Å². The van der Waals surface area contributed by atoms with Crippen LogP contribution in [0, 0.1) is 11.8 Å². The van der Waals surface area contributed by atoms with Crippen molar-refractivity contribution in [2.75, 3.05) is 32.7 Å². The summed E-state index contributed by atoms with van der Waals surface area (Å²) in [7, 11) is 0. The fourth-order valence-corrected chi connectivity index (χ4v) is 9.57. The van der Waals surface area contributed by atoms with Gasteiger partial charge in [-0.15, -0.1) is 11.3 Å². The molecule has 4 aliphatic rings. The van der Waals surface area contributed by atoms with Gasteiger partial charge in [-0.1, -0.05) is 60.6 Å². The van der Waals surface area contributed by atoms with E-state index in [4.69, 9.17) is 35.6 Å². The maximum atomic E-state index is 13.6. The molecule has 39 heavy (non-hydrogen) atoms. The molecule has 1 aromatic heterocycles. The molecule has 2 aliphatic heterocycles. The molecule has 1 amide bonds. The number of hydrogen-bond donors (Lipinski definition) is 0. The van der Waals surface area contributed by atoms with Gasteiger partial charge in [0.1, 0.15) is 4.32 Å². The SMILES string of the molecule is O=C1/C(=C/c2sc(-c3ccc(Cl)cc3)cc2CCCCCN2CCN(Cl)CC2)SC(=S)N1C1CC2CCC1C2. The molecule has 2 aromatic rings. The van der Waals surface area contributed by atoms with Crippen molar-refractivity contribution in [1.82, 2.24) is 14.2 Å². The Morgan fingerprint density at radius 3 is 2.54 bits per heavy atom. The summed E-state index contributed by atoms with van der Waals surface area (Å²) in [4.78, 5) is 21.3. The molecular weight excluding hydrogens is 585 g/mol. The second-order valence-electron chi connectivity index (χ2n) is 11.4. The van der Waals surface area contributed by atoms with Gasteiger partial charge in [0.2, 0.25) is 0 Å². The number of carbonyl (C=O) groups is 1. The van der Waals surface area contributed by atoms with Gasteiger partial charge in [-0.2, -0.15) is 0 Å². The van der Waals surface area contributed by atoms with Crippen LogP contribution in [-0.2, 0) is 11.2 Å². The number of thiocarbonyl (C=S) groups is 1. The number of halogens is 2. The van der Waals surface area contributed by atoms with E-state index in [1.807, 2.05) is 21.5 Å². The van der Waals surface area contributed by atoms with Crippen molar-refractivity contribution >= 4 is 75.0 Å². The van der Waals surface area contributed by atoms with Crippen molar-refractivity contribution in [2.24, 2.45) is 11.8 Å². The van der Waals surface area contributed by atoms with Gasteiger partial charge in [0.15, 0.2) is 0 Å². The van der Waals surface area contributed by atoms with E-state index in [0.29, 0.717) is 12.0 Å². The van der Waals surface area contributed by atoms with E-state index in [9.17, 15) is 4.79 Å². The minimum atomic E-state index is 0.118. The number of piperazine rings is 1. The number of benzene rings is 1. The summed E-state index contributed by atoms with van der Waals surface area (Å²) in [5, 5.41) is 0.743. The van der Waals surface area contributed by atoms with Crippen LogP contribution in [0.3, 0.4) is 0 Å². The molecule has 2 bridgehead atoms. The van der Waals surface area contributed by atoms with E-state index < -0.39 is 0 Å². The average molecular weight is 621 g/mol. The molecule has 2 saturated heterocycles. The quantitative estimate of drug-likeness (QED) is 0.123. The lowest BCUT2D eigenvalue weighted by molar-refractivity contribution is -0.124. The number of unbranched alkanes of at least 4 members (excludes halogenated alkanes) is 2. The molecule has 6 rings (SSSR count). The highest BCUT2D eigenvalue weighted by atomic mass is 35.5. The number of fused-ring (bicyclic) bond motifs is 2. The van der Waals surface area contributed by atoms with Crippen LogP contribution >= 0.6 is 58.7 Å². The minimum Gasteiger partial charge on any atom is -0.301 e. The van der Waals surface area contributed by atoms with Crippen LogP contribution in [0.1, 0.15) is 55.4 Å². The van der Waals surface area contributed by atoms with Crippen molar-refractivity contribution in [2.45, 2.75) is 57.4 Å². The first kappa shape index (κ1) is 28.2. The molecule has 2 aliphatic carbocycles. The molecule has 4 nitrogen and oxygen atoms in total. The molecule has 3 atom stereocenters. The summed E-state index contributed by atoms with van der Waals surface area (Å²) in [6.07, 6.45) is 11.6. The van der Waals surface area contributed by atoms with E-state index in [1.54, 1.807) is 11.3 Å². The van der Waals surface area contributed by atoms with E-state index in [2.05, 4.69) is 29.2 Å². The number of aryl methyl sites for hydroxylation is 1. The molecule has 9 heteroatoms. The maximum Gasteiger partial charge on any atom is 0.266 e. The van der Waals surface area contributed by atoms with Gasteiger partial charge in [0, 0.05) is 47.0 Å². The second kappa shape index (κ2) is 12.5. The van der Waals surface area contributed by atoms with Gasteiger partial charge in [0.05, 0.1) is 4.91 Å². The van der Waals surface area contributed by atoms with Gasteiger partial charge in [-0.25, -0.2) is 4.42 Å². The molecule has 0 radical (unpaired) electrons. The monoisotopic (exact) mass is 619 g/mol. The fraction of sp³-hybridized carbons (Fsp3) is 0.533. The van der Waals surface area contributed by atoms with Crippen LogP contribution in [0.2, 0.25) is 5.02 Å². The lowest BCUT2D eigenvalue weighted by Gasteiger charge is -2.30. The number of amides is 1. The third kappa shape index (κ3) is 6.45. The largest absolute Gasteiger partial charge is 0.301 e. The fourth-order valence-electron chi connectivity index (χ4n) is 6.70. The first-order chi connectivity index (χ1) is 18.9. The van der Waals surface area contributed by atoms with Gasteiger partial charge < -0.3 is 4.90 Å². The first-order valence-corrected chi connectivity index (χ1v) is 17.0. The first-order valence-electron chi connectivity index (χ1n) is 14.2. The summed E-state index contributed by atoms with van der Waals surface area (Å²) in [5.74, 6) is 1.53. The van der Waals surface area contributed by atoms with Crippen molar-refractivity contribution in [3.63, 3.8) is 0 Å². The topological polar surface area (TPSA) is 26.8 Å². The zero-order chi connectivity index (χ0) is 26.9. The van der Waals surface area contributed by atoms with Crippen molar-refractivity contribution in [1.29, 1.82) is 0 Å². The van der Waals surface area contributed by atoms with Gasteiger partial charge in [0.25, 0.3) is 5.91 Å². The Morgan fingerprint density at radius 1 is 1.03 bits per heavy atom.